The highest BCUT2D eigenvalue weighted by Crippen LogP contribution is 2.27. The third-order valence-corrected chi connectivity index (χ3v) is 2.79. The molecule has 18 heavy (non-hydrogen) atoms. The van der Waals surface area contributed by atoms with Gasteiger partial charge in [0, 0.05) is 37.3 Å². The summed E-state index contributed by atoms with van der Waals surface area (Å²) in [5.41, 5.74) is 7.47. The van der Waals surface area contributed by atoms with Crippen molar-refractivity contribution in [1.82, 2.24) is 9.88 Å². The number of nitrogens with two attached hydrogens (primary N) is 1. The zero-order chi connectivity index (χ0) is 13.1. The number of nitrogens with zero attached hydrogens (tertiary/aromatic N) is 2. The number of carbonyl (C=O) groups excluding carboxylic acids is 1. The Hall–Kier alpha value is -2.30. The maximum Gasteiger partial charge on any atom is 0.241 e. The van der Waals surface area contributed by atoms with E-state index in [-0.39, 0.29) is 12.5 Å². The number of amides is 1. The molecule has 1 heterocycles. The fourth-order valence-electron chi connectivity index (χ4n) is 1.68. The molecule has 0 atom stereocenters. The topological polar surface area (TPSA) is 71.2 Å². The highest BCUT2D eigenvalue weighted by atomic mass is 16.2. The number of pyridine rings is 1. The van der Waals surface area contributed by atoms with Crippen LogP contribution in [0.25, 0.3) is 10.8 Å². The summed E-state index contributed by atoms with van der Waals surface area (Å²) in [6.07, 6.45) is 3.47. The number of rotatable bonds is 3. The summed E-state index contributed by atoms with van der Waals surface area (Å²) in [5.74, 6) is 0.00391. The molecule has 0 spiro atoms. The first-order valence-electron chi connectivity index (χ1n) is 5.66. The number of nitrogens with one attached hydrogen (secondary N) is 1. The molecule has 0 aliphatic heterocycles. The van der Waals surface area contributed by atoms with E-state index >= 15 is 0 Å². The van der Waals surface area contributed by atoms with Gasteiger partial charge in [-0.15, -0.1) is 0 Å². The van der Waals surface area contributed by atoms with Gasteiger partial charge < -0.3 is 16.0 Å². The van der Waals surface area contributed by atoms with Crippen molar-refractivity contribution in [3.63, 3.8) is 0 Å². The van der Waals surface area contributed by atoms with Crippen molar-refractivity contribution in [2.45, 2.75) is 0 Å². The van der Waals surface area contributed by atoms with Gasteiger partial charge in [-0.05, 0) is 12.1 Å². The third kappa shape index (κ3) is 2.34. The van der Waals surface area contributed by atoms with Crippen LogP contribution in [0.2, 0.25) is 0 Å². The Morgan fingerprint density at radius 1 is 1.39 bits per heavy atom. The molecule has 1 aromatic heterocycles. The van der Waals surface area contributed by atoms with Crippen LogP contribution in [0.4, 0.5) is 11.4 Å². The minimum atomic E-state index is 0.00391. The Labute approximate surface area is 106 Å². The van der Waals surface area contributed by atoms with E-state index in [1.807, 2.05) is 18.2 Å². The lowest BCUT2D eigenvalue weighted by molar-refractivity contribution is -0.126. The van der Waals surface area contributed by atoms with Crippen LogP contribution in [0.15, 0.2) is 30.6 Å². The first kappa shape index (κ1) is 12.2. The van der Waals surface area contributed by atoms with Gasteiger partial charge in [0.05, 0.1) is 17.9 Å². The van der Waals surface area contributed by atoms with Crippen molar-refractivity contribution in [2.75, 3.05) is 31.7 Å². The fourth-order valence-corrected chi connectivity index (χ4v) is 1.68. The van der Waals surface area contributed by atoms with E-state index in [1.54, 1.807) is 26.5 Å². The molecular weight excluding hydrogens is 228 g/mol. The van der Waals surface area contributed by atoms with Crippen molar-refractivity contribution in [3.8, 4) is 0 Å². The van der Waals surface area contributed by atoms with E-state index in [2.05, 4.69) is 10.3 Å². The number of fused-ring (bicyclic) bond motifs is 1. The minimum absolute atomic E-state index is 0.00391. The van der Waals surface area contributed by atoms with E-state index in [0.717, 1.165) is 16.5 Å². The number of likely N-dealkylation sites (N-methyl/N-ethyl adjacent to an activating group) is 1. The largest absolute Gasteiger partial charge is 0.397 e. The lowest BCUT2D eigenvalue weighted by Crippen LogP contribution is -2.28. The highest BCUT2D eigenvalue weighted by Gasteiger charge is 2.07. The van der Waals surface area contributed by atoms with Crippen LogP contribution in [-0.4, -0.2) is 36.4 Å². The molecule has 1 aromatic carbocycles. The minimum Gasteiger partial charge on any atom is -0.397 e. The summed E-state index contributed by atoms with van der Waals surface area (Å²) in [4.78, 5) is 17.1. The van der Waals surface area contributed by atoms with Gasteiger partial charge in [-0.25, -0.2) is 0 Å². The van der Waals surface area contributed by atoms with Crippen molar-refractivity contribution in [3.05, 3.63) is 30.6 Å². The molecular formula is C13H16N4O. The number of hydrogen-bond acceptors (Lipinski definition) is 4. The fraction of sp³-hybridized carbons (Fsp3) is 0.231. The van der Waals surface area contributed by atoms with Crippen molar-refractivity contribution < 1.29 is 4.79 Å². The zero-order valence-corrected chi connectivity index (χ0v) is 10.5. The molecule has 0 radical (unpaired) electrons. The number of benzene rings is 1. The summed E-state index contributed by atoms with van der Waals surface area (Å²) < 4.78 is 0. The SMILES string of the molecule is CN(C)C(=O)CNc1ccc2cnccc2c1N. The molecule has 0 fully saturated rings. The zero-order valence-electron chi connectivity index (χ0n) is 10.5. The van der Waals surface area contributed by atoms with Crippen LogP contribution in [0.5, 0.6) is 0 Å². The first-order chi connectivity index (χ1) is 8.59. The Morgan fingerprint density at radius 3 is 2.89 bits per heavy atom. The second-order valence-electron chi connectivity index (χ2n) is 4.27. The lowest BCUT2D eigenvalue weighted by atomic mass is 10.1. The maximum atomic E-state index is 11.5. The van der Waals surface area contributed by atoms with Crippen LogP contribution >= 0.6 is 0 Å². The second-order valence-corrected chi connectivity index (χ2v) is 4.27. The number of anilines is 2. The molecule has 0 bridgehead atoms. The smallest absolute Gasteiger partial charge is 0.241 e. The molecule has 1 amide bonds. The average molecular weight is 244 g/mol. The van der Waals surface area contributed by atoms with Gasteiger partial charge in [0.15, 0.2) is 0 Å². The standard InChI is InChI=1S/C13H16N4O/c1-17(2)12(18)8-16-11-4-3-9-7-15-6-5-10(9)13(11)14/h3-7,16H,8,14H2,1-2H3. The second kappa shape index (κ2) is 4.91. The maximum absolute atomic E-state index is 11.5. The molecule has 0 saturated carbocycles. The molecule has 2 aromatic rings. The predicted molar refractivity (Wildman–Crippen MR) is 73.3 cm³/mol. The van der Waals surface area contributed by atoms with Gasteiger partial charge in [-0.2, -0.15) is 0 Å². The van der Waals surface area contributed by atoms with Crippen molar-refractivity contribution >= 4 is 28.1 Å². The Bertz CT molecular complexity index is 580. The van der Waals surface area contributed by atoms with Gasteiger partial charge in [-0.1, -0.05) is 6.07 Å². The van der Waals surface area contributed by atoms with E-state index in [0.29, 0.717) is 5.69 Å². The van der Waals surface area contributed by atoms with Crippen LogP contribution < -0.4 is 11.1 Å². The molecule has 5 heteroatoms. The van der Waals surface area contributed by atoms with Gasteiger partial charge in [0.1, 0.15) is 0 Å². The van der Waals surface area contributed by atoms with Gasteiger partial charge in [-0.3, -0.25) is 9.78 Å². The quantitative estimate of drug-likeness (QED) is 0.799. The molecule has 5 nitrogen and oxygen atoms in total. The molecule has 2 rings (SSSR count). The third-order valence-electron chi connectivity index (χ3n) is 2.79. The number of hydrogen-bond donors (Lipinski definition) is 2. The number of aromatic nitrogens is 1. The van der Waals surface area contributed by atoms with E-state index in [9.17, 15) is 4.79 Å². The molecule has 0 aliphatic carbocycles. The summed E-state index contributed by atoms with van der Waals surface area (Å²) in [5, 5.41) is 4.97. The molecule has 0 unspecified atom stereocenters. The number of carbonyl (C=O) groups is 1. The average Bonchev–Trinajstić information content (AvgIpc) is 2.38. The van der Waals surface area contributed by atoms with E-state index in [1.165, 1.54) is 4.90 Å². The predicted octanol–water partition coefficient (Wildman–Crippen LogP) is 1.32. The normalized spacial score (nSPS) is 10.3. The van der Waals surface area contributed by atoms with Gasteiger partial charge >= 0.3 is 0 Å². The summed E-state index contributed by atoms with van der Waals surface area (Å²) in [6, 6.07) is 5.66. The summed E-state index contributed by atoms with van der Waals surface area (Å²) >= 11 is 0. The highest BCUT2D eigenvalue weighted by molar-refractivity contribution is 5.99. The Balaban J connectivity index is 2.24. The van der Waals surface area contributed by atoms with Crippen LogP contribution in [0.1, 0.15) is 0 Å². The van der Waals surface area contributed by atoms with E-state index in [4.69, 9.17) is 5.73 Å². The summed E-state index contributed by atoms with van der Waals surface area (Å²) in [6.45, 7) is 0.230. The van der Waals surface area contributed by atoms with Gasteiger partial charge in [0.25, 0.3) is 0 Å². The summed E-state index contributed by atoms with van der Waals surface area (Å²) in [7, 11) is 3.44. The lowest BCUT2D eigenvalue weighted by Gasteiger charge is -2.14. The van der Waals surface area contributed by atoms with E-state index < -0.39 is 0 Å². The van der Waals surface area contributed by atoms with Gasteiger partial charge in [0.2, 0.25) is 5.91 Å². The Kier molecular flexibility index (Phi) is 3.32. The molecule has 0 aliphatic rings. The number of nitrogen functional groups attached to an aromatic ring is 1. The van der Waals surface area contributed by atoms with Crippen LogP contribution in [0, 0.1) is 0 Å². The molecule has 94 valence electrons. The monoisotopic (exact) mass is 244 g/mol. The van der Waals surface area contributed by atoms with Crippen molar-refractivity contribution in [2.24, 2.45) is 0 Å². The van der Waals surface area contributed by atoms with Crippen LogP contribution in [-0.2, 0) is 4.79 Å². The van der Waals surface area contributed by atoms with Crippen LogP contribution in [0.3, 0.4) is 0 Å². The Morgan fingerprint density at radius 2 is 2.17 bits per heavy atom. The van der Waals surface area contributed by atoms with Crippen molar-refractivity contribution in [1.29, 1.82) is 0 Å². The molecule has 3 N–H and O–H groups in total. The first-order valence-corrected chi connectivity index (χ1v) is 5.66. The molecule has 0 saturated heterocycles.